The summed E-state index contributed by atoms with van der Waals surface area (Å²) in [6, 6.07) is 13.3. The maximum Gasteiger partial charge on any atom is 0.413 e. The Bertz CT molecular complexity index is 1230. The maximum absolute atomic E-state index is 12.0. The van der Waals surface area contributed by atoms with Crippen molar-refractivity contribution in [2.75, 3.05) is 5.32 Å². The Kier molecular flexibility index (Phi) is 5.59. The van der Waals surface area contributed by atoms with Gasteiger partial charge in [0.2, 0.25) is 0 Å². The fourth-order valence-corrected chi connectivity index (χ4v) is 3.79. The lowest BCUT2D eigenvalue weighted by Crippen LogP contribution is -2.27. The second kappa shape index (κ2) is 8.34. The number of tetrazole rings is 1. The van der Waals surface area contributed by atoms with Crippen LogP contribution in [-0.2, 0) is 17.5 Å². The number of carbonyl (C=O) groups excluding carboxylic acids is 1. The summed E-state index contributed by atoms with van der Waals surface area (Å²) >= 11 is 1.51. The number of anilines is 1. The number of pyridine rings is 1. The number of nitrogens with zero attached hydrogens (tertiary/aromatic N) is 7. The van der Waals surface area contributed by atoms with E-state index in [1.165, 1.54) is 11.8 Å². The monoisotopic (exact) mass is 438 g/mol. The number of aryl methyl sites for hydroxylation is 1. The van der Waals surface area contributed by atoms with Crippen LogP contribution in [0.4, 0.5) is 10.6 Å². The van der Waals surface area contributed by atoms with Gasteiger partial charge in [-0.3, -0.25) is 9.88 Å². The Balaban J connectivity index is 1.55. The number of para-hydroxylation sites is 2. The topological polar surface area (TPSA) is 113 Å². The van der Waals surface area contributed by atoms with Crippen molar-refractivity contribution < 1.29 is 9.53 Å². The SMILES string of the molecule is Cn1nnnc1-n1c(SCc2cccc(NC(=O)OC(C)(C)C)n2)nc2ccccc21. The van der Waals surface area contributed by atoms with E-state index >= 15 is 0 Å². The summed E-state index contributed by atoms with van der Waals surface area (Å²) in [5.41, 5.74) is 1.97. The summed E-state index contributed by atoms with van der Waals surface area (Å²) in [6.07, 6.45) is -0.540. The van der Waals surface area contributed by atoms with Gasteiger partial charge in [0.05, 0.1) is 16.7 Å². The number of carbonyl (C=O) groups is 1. The predicted octanol–water partition coefficient (Wildman–Crippen LogP) is 3.58. The number of ether oxygens (including phenoxy) is 1. The summed E-state index contributed by atoms with van der Waals surface area (Å²) in [5.74, 6) is 1.54. The van der Waals surface area contributed by atoms with E-state index < -0.39 is 11.7 Å². The molecule has 3 aromatic heterocycles. The van der Waals surface area contributed by atoms with Crippen LogP contribution in [-0.4, -0.2) is 46.4 Å². The number of amides is 1. The molecule has 1 N–H and O–H groups in total. The van der Waals surface area contributed by atoms with Crippen molar-refractivity contribution in [1.29, 1.82) is 0 Å². The van der Waals surface area contributed by atoms with Crippen molar-refractivity contribution in [2.24, 2.45) is 7.05 Å². The second-order valence-electron chi connectivity index (χ2n) is 7.75. The Labute approximate surface area is 183 Å². The summed E-state index contributed by atoms with van der Waals surface area (Å²) < 4.78 is 8.80. The van der Waals surface area contributed by atoms with Crippen LogP contribution in [0.2, 0.25) is 0 Å². The minimum absolute atomic E-state index is 0.429. The van der Waals surface area contributed by atoms with E-state index in [1.807, 2.05) is 61.7 Å². The zero-order valence-corrected chi connectivity index (χ0v) is 18.4. The molecule has 1 amide bonds. The van der Waals surface area contributed by atoms with E-state index in [4.69, 9.17) is 9.72 Å². The number of nitrogens with one attached hydrogen (secondary N) is 1. The van der Waals surface area contributed by atoms with Crippen molar-refractivity contribution in [1.82, 2.24) is 34.7 Å². The van der Waals surface area contributed by atoms with Gasteiger partial charge in [-0.05, 0) is 55.5 Å². The van der Waals surface area contributed by atoms with Crippen molar-refractivity contribution in [3.05, 3.63) is 48.2 Å². The molecule has 0 unspecified atom stereocenters. The number of benzene rings is 1. The van der Waals surface area contributed by atoms with Crippen molar-refractivity contribution in [2.45, 2.75) is 37.3 Å². The zero-order chi connectivity index (χ0) is 22.0. The molecule has 0 saturated heterocycles. The third-order valence-electron chi connectivity index (χ3n) is 4.11. The molecule has 0 aliphatic carbocycles. The van der Waals surface area contributed by atoms with Gasteiger partial charge in [-0.25, -0.2) is 19.4 Å². The molecular formula is C20H22N8O2S. The van der Waals surface area contributed by atoms with Crippen LogP contribution in [0.1, 0.15) is 26.5 Å². The summed E-state index contributed by atoms with van der Waals surface area (Å²) in [4.78, 5) is 21.3. The first-order valence-corrected chi connectivity index (χ1v) is 10.6. The zero-order valence-electron chi connectivity index (χ0n) is 17.6. The Morgan fingerprint density at radius 2 is 1.94 bits per heavy atom. The number of hydrogen-bond acceptors (Lipinski definition) is 8. The largest absolute Gasteiger partial charge is 0.444 e. The van der Waals surface area contributed by atoms with E-state index in [1.54, 1.807) is 17.8 Å². The number of rotatable bonds is 5. The molecule has 31 heavy (non-hydrogen) atoms. The number of aromatic nitrogens is 7. The average Bonchev–Trinajstić information content (AvgIpc) is 3.27. The van der Waals surface area contributed by atoms with Gasteiger partial charge < -0.3 is 4.74 Å². The number of fused-ring (bicyclic) bond motifs is 1. The van der Waals surface area contributed by atoms with Crippen LogP contribution in [0.5, 0.6) is 0 Å². The molecule has 11 heteroatoms. The highest BCUT2D eigenvalue weighted by atomic mass is 32.2. The van der Waals surface area contributed by atoms with Gasteiger partial charge in [0.25, 0.3) is 5.95 Å². The standard InChI is InChI=1S/C20H22N8O2S/c1-20(2,3)30-19(29)23-16-11-7-8-13(21-16)12-31-18-22-14-9-5-6-10-15(14)28(18)17-24-25-26-27(17)4/h5-11H,12H2,1-4H3,(H,21,23,29). The van der Waals surface area contributed by atoms with Gasteiger partial charge in [0.1, 0.15) is 11.4 Å². The van der Waals surface area contributed by atoms with Crippen LogP contribution in [0.3, 0.4) is 0 Å². The van der Waals surface area contributed by atoms with E-state index in [-0.39, 0.29) is 0 Å². The smallest absolute Gasteiger partial charge is 0.413 e. The average molecular weight is 439 g/mol. The quantitative estimate of drug-likeness (QED) is 0.471. The summed E-state index contributed by atoms with van der Waals surface area (Å²) in [5, 5.41) is 15.2. The number of imidazole rings is 1. The molecule has 160 valence electrons. The van der Waals surface area contributed by atoms with E-state index in [9.17, 15) is 4.79 Å². The van der Waals surface area contributed by atoms with E-state index in [0.29, 0.717) is 17.5 Å². The molecule has 0 fully saturated rings. The molecule has 3 heterocycles. The van der Waals surface area contributed by atoms with Gasteiger partial charge in [-0.15, -0.1) is 0 Å². The minimum Gasteiger partial charge on any atom is -0.444 e. The molecule has 0 spiro atoms. The molecule has 0 aliphatic rings. The second-order valence-corrected chi connectivity index (χ2v) is 8.69. The molecule has 1 aromatic carbocycles. The Hall–Kier alpha value is -3.47. The first kappa shape index (κ1) is 20.8. The fourth-order valence-electron chi connectivity index (χ4n) is 2.88. The highest BCUT2D eigenvalue weighted by Crippen LogP contribution is 2.28. The van der Waals surface area contributed by atoms with Crippen LogP contribution >= 0.6 is 11.8 Å². The molecule has 0 radical (unpaired) electrons. The lowest BCUT2D eigenvalue weighted by atomic mass is 10.2. The van der Waals surface area contributed by atoms with Gasteiger partial charge in [0, 0.05) is 12.8 Å². The van der Waals surface area contributed by atoms with Gasteiger partial charge >= 0.3 is 6.09 Å². The number of thioether (sulfide) groups is 1. The van der Waals surface area contributed by atoms with Crippen molar-refractivity contribution in [3.63, 3.8) is 0 Å². The third kappa shape index (κ3) is 4.82. The van der Waals surface area contributed by atoms with Crippen LogP contribution in [0.15, 0.2) is 47.6 Å². The Morgan fingerprint density at radius 1 is 1.13 bits per heavy atom. The normalized spacial score (nSPS) is 11.6. The van der Waals surface area contributed by atoms with Crippen molar-refractivity contribution >= 4 is 34.7 Å². The lowest BCUT2D eigenvalue weighted by molar-refractivity contribution is 0.0635. The summed E-state index contributed by atoms with van der Waals surface area (Å²) in [7, 11) is 1.78. The summed E-state index contributed by atoms with van der Waals surface area (Å²) in [6.45, 7) is 5.43. The number of hydrogen-bond donors (Lipinski definition) is 1. The van der Waals surface area contributed by atoms with Gasteiger partial charge in [0.15, 0.2) is 5.16 Å². The predicted molar refractivity (Wildman–Crippen MR) is 117 cm³/mol. The maximum atomic E-state index is 12.0. The van der Waals surface area contributed by atoms with Crippen LogP contribution in [0.25, 0.3) is 17.0 Å². The first-order valence-electron chi connectivity index (χ1n) is 9.59. The highest BCUT2D eigenvalue weighted by molar-refractivity contribution is 7.98. The molecule has 4 aromatic rings. The van der Waals surface area contributed by atoms with Gasteiger partial charge in [-0.1, -0.05) is 35.1 Å². The molecule has 0 atom stereocenters. The molecule has 0 saturated carbocycles. The van der Waals surface area contributed by atoms with E-state index in [2.05, 4.69) is 25.8 Å². The van der Waals surface area contributed by atoms with Crippen LogP contribution < -0.4 is 5.32 Å². The van der Waals surface area contributed by atoms with Crippen molar-refractivity contribution in [3.8, 4) is 5.95 Å². The molecular weight excluding hydrogens is 416 g/mol. The Morgan fingerprint density at radius 3 is 2.68 bits per heavy atom. The lowest BCUT2D eigenvalue weighted by Gasteiger charge is -2.19. The molecule has 0 aliphatic heterocycles. The highest BCUT2D eigenvalue weighted by Gasteiger charge is 2.18. The molecule has 0 bridgehead atoms. The molecule has 4 rings (SSSR count). The first-order chi connectivity index (χ1) is 14.8. The fraction of sp³-hybridized carbons (Fsp3) is 0.300. The van der Waals surface area contributed by atoms with Crippen LogP contribution in [0, 0.1) is 0 Å². The third-order valence-corrected chi connectivity index (χ3v) is 5.08. The van der Waals surface area contributed by atoms with E-state index in [0.717, 1.165) is 21.9 Å². The van der Waals surface area contributed by atoms with Gasteiger partial charge in [-0.2, -0.15) is 0 Å². The molecule has 10 nitrogen and oxygen atoms in total. The minimum atomic E-state index is -0.578.